The first-order chi connectivity index (χ1) is 5.83. The lowest BCUT2D eigenvalue weighted by Crippen LogP contribution is -1.87. The number of hydrogen-bond donors (Lipinski definition) is 1. The van der Waals surface area contributed by atoms with Crippen LogP contribution in [-0.4, -0.2) is 6.61 Å². The zero-order valence-electron chi connectivity index (χ0n) is 6.83. The molecule has 0 saturated carbocycles. The van der Waals surface area contributed by atoms with E-state index in [1.54, 1.807) is 0 Å². The van der Waals surface area contributed by atoms with Crippen molar-refractivity contribution in [1.29, 1.82) is 0 Å². The van der Waals surface area contributed by atoms with Crippen LogP contribution in [0.2, 0.25) is 0 Å². The van der Waals surface area contributed by atoms with E-state index in [2.05, 4.69) is 19.8 Å². The lowest BCUT2D eigenvalue weighted by Gasteiger charge is -2.06. The summed E-state index contributed by atoms with van der Waals surface area (Å²) in [4.78, 5) is 0. The fourth-order valence-electron chi connectivity index (χ4n) is 1.50. The summed E-state index contributed by atoms with van der Waals surface area (Å²) in [7, 11) is 0. The van der Waals surface area contributed by atoms with E-state index < -0.39 is 0 Å². The molecule has 0 unspecified atom stereocenters. The normalized spacial score (nSPS) is 13.8. The first kappa shape index (κ1) is 7.80. The van der Waals surface area contributed by atoms with Gasteiger partial charge in [-0.25, -0.2) is 0 Å². The summed E-state index contributed by atoms with van der Waals surface area (Å²) in [5.41, 5.74) is 2.51. The maximum atomic E-state index is 5.43. The summed E-state index contributed by atoms with van der Waals surface area (Å²) in [6, 6.07) is 3.91. The predicted molar refractivity (Wildman–Crippen MR) is 50.0 cm³/mol. The van der Waals surface area contributed by atoms with Crippen LogP contribution >= 0.6 is 12.9 Å². The highest BCUT2D eigenvalue weighted by molar-refractivity contribution is 7.75. The molecule has 0 N–H and O–H groups in total. The lowest BCUT2D eigenvalue weighted by molar-refractivity contribution is 0.348. The Morgan fingerprint density at radius 3 is 3.08 bits per heavy atom. The highest BCUT2D eigenvalue weighted by Gasteiger charge is 2.18. The summed E-state index contributed by atoms with van der Waals surface area (Å²) in [6.45, 7) is 2.83. The highest BCUT2D eigenvalue weighted by atomic mass is 32.1. The molecule has 1 aromatic rings. The van der Waals surface area contributed by atoms with Crippen molar-refractivity contribution in [2.24, 2.45) is 0 Å². The number of hydrogen-bond acceptors (Lipinski definition) is 3. The van der Waals surface area contributed by atoms with Crippen molar-refractivity contribution in [2.75, 3.05) is 6.61 Å². The molecule has 1 heterocycles. The fourth-order valence-corrected chi connectivity index (χ4v) is 1.64. The first-order valence-corrected chi connectivity index (χ1v) is 4.26. The molecule has 1 aromatic carbocycles. The van der Waals surface area contributed by atoms with Gasteiger partial charge in [0.25, 0.3) is 0 Å². The van der Waals surface area contributed by atoms with Crippen molar-refractivity contribution in [3.8, 4) is 11.5 Å². The SMILES string of the molecule is Cc1ccc(OS)c2c1CCO2. The summed E-state index contributed by atoms with van der Waals surface area (Å²) in [5, 5.41) is 0. The van der Waals surface area contributed by atoms with E-state index in [9.17, 15) is 0 Å². The minimum Gasteiger partial charge on any atom is -0.489 e. The van der Waals surface area contributed by atoms with Crippen LogP contribution in [0.25, 0.3) is 0 Å². The Bertz CT molecular complexity index is 310. The van der Waals surface area contributed by atoms with E-state index >= 15 is 0 Å². The minimum atomic E-state index is 0.719. The van der Waals surface area contributed by atoms with Crippen molar-refractivity contribution in [3.63, 3.8) is 0 Å². The van der Waals surface area contributed by atoms with Crippen LogP contribution in [0.4, 0.5) is 0 Å². The largest absolute Gasteiger partial charge is 0.489 e. The van der Waals surface area contributed by atoms with Crippen LogP contribution in [0.5, 0.6) is 11.5 Å². The molecule has 0 fully saturated rings. The number of rotatable bonds is 1. The van der Waals surface area contributed by atoms with Crippen LogP contribution in [0.15, 0.2) is 12.1 Å². The molecule has 2 rings (SSSR count). The van der Waals surface area contributed by atoms with Gasteiger partial charge in [0, 0.05) is 24.9 Å². The average Bonchev–Trinajstić information content (AvgIpc) is 2.54. The van der Waals surface area contributed by atoms with Crippen LogP contribution < -0.4 is 8.92 Å². The van der Waals surface area contributed by atoms with E-state index in [-0.39, 0.29) is 0 Å². The van der Waals surface area contributed by atoms with E-state index in [1.807, 2.05) is 12.1 Å². The Morgan fingerprint density at radius 2 is 2.33 bits per heavy atom. The topological polar surface area (TPSA) is 18.5 Å². The summed E-state index contributed by atoms with van der Waals surface area (Å²) < 4.78 is 10.3. The van der Waals surface area contributed by atoms with Gasteiger partial charge < -0.3 is 8.92 Å². The molecule has 2 nitrogen and oxygen atoms in total. The third-order valence-corrected chi connectivity index (χ3v) is 2.35. The zero-order chi connectivity index (χ0) is 8.55. The van der Waals surface area contributed by atoms with Crippen molar-refractivity contribution in [3.05, 3.63) is 23.3 Å². The van der Waals surface area contributed by atoms with Crippen molar-refractivity contribution < 1.29 is 8.92 Å². The molecule has 0 saturated heterocycles. The standard InChI is InChI=1S/C9H10O2S/c1-6-2-3-8(11-12)9-7(6)4-5-10-9/h2-3,12H,4-5H2,1H3. The van der Waals surface area contributed by atoms with E-state index in [0.717, 1.165) is 24.5 Å². The summed E-state index contributed by atoms with van der Waals surface area (Å²) >= 11 is 3.76. The smallest absolute Gasteiger partial charge is 0.179 e. The van der Waals surface area contributed by atoms with E-state index in [4.69, 9.17) is 8.92 Å². The number of fused-ring (bicyclic) bond motifs is 1. The molecule has 0 aliphatic carbocycles. The van der Waals surface area contributed by atoms with Crippen molar-refractivity contribution >= 4 is 12.9 Å². The molecule has 0 aromatic heterocycles. The molecule has 0 bridgehead atoms. The van der Waals surface area contributed by atoms with Gasteiger partial charge in [-0.2, -0.15) is 0 Å². The molecular formula is C9H10O2S. The number of ether oxygens (including phenoxy) is 1. The third kappa shape index (κ3) is 1.05. The maximum absolute atomic E-state index is 5.43. The molecule has 1 aliphatic heterocycles. The quantitative estimate of drug-likeness (QED) is 0.530. The maximum Gasteiger partial charge on any atom is 0.179 e. The number of aryl methyl sites for hydroxylation is 1. The van der Waals surface area contributed by atoms with Crippen LogP contribution in [0, 0.1) is 6.92 Å². The third-order valence-electron chi connectivity index (χ3n) is 2.16. The van der Waals surface area contributed by atoms with Gasteiger partial charge in [0.05, 0.1) is 6.61 Å². The van der Waals surface area contributed by atoms with Gasteiger partial charge in [-0.1, -0.05) is 6.07 Å². The Kier molecular flexibility index (Phi) is 1.89. The van der Waals surface area contributed by atoms with Gasteiger partial charge in [-0.3, -0.25) is 0 Å². The van der Waals surface area contributed by atoms with Gasteiger partial charge in [0.1, 0.15) is 0 Å². The van der Waals surface area contributed by atoms with Crippen LogP contribution in [-0.2, 0) is 6.42 Å². The van der Waals surface area contributed by atoms with Gasteiger partial charge in [0.15, 0.2) is 11.5 Å². The molecule has 12 heavy (non-hydrogen) atoms. The Morgan fingerprint density at radius 1 is 1.50 bits per heavy atom. The molecule has 3 heteroatoms. The second-order valence-corrected chi connectivity index (χ2v) is 3.06. The van der Waals surface area contributed by atoms with Crippen LogP contribution in [0.3, 0.4) is 0 Å². The second-order valence-electron chi connectivity index (χ2n) is 2.88. The Balaban J connectivity index is 2.57. The lowest BCUT2D eigenvalue weighted by atomic mass is 10.1. The number of benzene rings is 1. The highest BCUT2D eigenvalue weighted by Crippen LogP contribution is 2.37. The molecular weight excluding hydrogens is 172 g/mol. The number of thiol groups is 1. The molecule has 64 valence electrons. The Hall–Kier alpha value is -0.830. The van der Waals surface area contributed by atoms with E-state index in [1.165, 1.54) is 11.1 Å². The first-order valence-electron chi connectivity index (χ1n) is 3.89. The zero-order valence-corrected chi connectivity index (χ0v) is 7.73. The molecule has 1 aliphatic rings. The van der Waals surface area contributed by atoms with Crippen molar-refractivity contribution in [2.45, 2.75) is 13.3 Å². The van der Waals surface area contributed by atoms with Gasteiger partial charge in [-0.15, -0.1) is 0 Å². The molecule has 0 amide bonds. The van der Waals surface area contributed by atoms with E-state index in [0.29, 0.717) is 0 Å². The predicted octanol–water partition coefficient (Wildman–Crippen LogP) is 2.15. The van der Waals surface area contributed by atoms with Gasteiger partial charge in [0.2, 0.25) is 0 Å². The molecule has 0 atom stereocenters. The van der Waals surface area contributed by atoms with Gasteiger partial charge in [-0.05, 0) is 18.6 Å². The Labute approximate surface area is 77.1 Å². The van der Waals surface area contributed by atoms with Gasteiger partial charge >= 0.3 is 0 Å². The van der Waals surface area contributed by atoms with Crippen molar-refractivity contribution in [1.82, 2.24) is 0 Å². The van der Waals surface area contributed by atoms with Crippen LogP contribution in [0.1, 0.15) is 11.1 Å². The minimum absolute atomic E-state index is 0.719. The average molecular weight is 182 g/mol. The fraction of sp³-hybridized carbons (Fsp3) is 0.333. The molecule has 0 spiro atoms. The molecule has 0 radical (unpaired) electrons. The monoisotopic (exact) mass is 182 g/mol. The summed E-state index contributed by atoms with van der Waals surface area (Å²) in [6.07, 6.45) is 0.978. The summed E-state index contributed by atoms with van der Waals surface area (Å²) in [5.74, 6) is 1.58. The second kappa shape index (κ2) is 2.90.